The minimum atomic E-state index is -1.12. The molecule has 0 spiro atoms. The van der Waals surface area contributed by atoms with Crippen LogP contribution in [-0.4, -0.2) is 44.2 Å². The Morgan fingerprint density at radius 3 is 2.32 bits per heavy atom. The predicted molar refractivity (Wildman–Crippen MR) is 105 cm³/mol. The van der Waals surface area contributed by atoms with Crippen LogP contribution >= 0.6 is 0 Å². The number of hydrogen-bond acceptors (Lipinski definition) is 8. The SMILES string of the molecule is COc1cc(C(=O)OCC(=O)N(CCC#N)c2ccc(F)cc2)c([N+](=O)[O-])cc1OC. The highest BCUT2D eigenvalue weighted by atomic mass is 19.1. The van der Waals surface area contributed by atoms with Crippen LogP contribution in [-0.2, 0) is 9.53 Å². The summed E-state index contributed by atoms with van der Waals surface area (Å²) in [4.78, 5) is 36.7. The number of ether oxygens (including phenoxy) is 3. The van der Waals surface area contributed by atoms with Crippen LogP contribution in [0.2, 0.25) is 0 Å². The quantitative estimate of drug-likeness (QED) is 0.336. The summed E-state index contributed by atoms with van der Waals surface area (Å²) < 4.78 is 28.2. The summed E-state index contributed by atoms with van der Waals surface area (Å²) in [7, 11) is 2.57. The number of nitro groups is 1. The van der Waals surface area contributed by atoms with Crippen molar-refractivity contribution in [2.45, 2.75) is 6.42 Å². The number of esters is 1. The highest BCUT2D eigenvalue weighted by Gasteiger charge is 2.27. The molecule has 162 valence electrons. The zero-order valence-electron chi connectivity index (χ0n) is 16.7. The van der Waals surface area contributed by atoms with Crippen molar-refractivity contribution in [2.75, 3.05) is 32.3 Å². The first kappa shape index (κ1) is 23.1. The van der Waals surface area contributed by atoms with Crippen LogP contribution in [0, 0.1) is 27.3 Å². The first-order valence-electron chi connectivity index (χ1n) is 8.82. The molecule has 31 heavy (non-hydrogen) atoms. The fourth-order valence-electron chi connectivity index (χ4n) is 2.65. The number of nitro benzene ring substituents is 1. The van der Waals surface area contributed by atoms with Gasteiger partial charge in [0.15, 0.2) is 18.1 Å². The summed E-state index contributed by atoms with van der Waals surface area (Å²) in [5, 5.41) is 20.1. The molecule has 2 aromatic carbocycles. The molecule has 0 unspecified atom stereocenters. The maximum absolute atomic E-state index is 13.2. The molecule has 0 fully saturated rings. The molecule has 0 N–H and O–H groups in total. The van der Waals surface area contributed by atoms with Crippen molar-refractivity contribution in [3.63, 3.8) is 0 Å². The summed E-state index contributed by atoms with van der Waals surface area (Å²) in [6.07, 6.45) is -0.0157. The molecule has 0 atom stereocenters. The number of benzene rings is 2. The fraction of sp³-hybridized carbons (Fsp3) is 0.250. The Bertz CT molecular complexity index is 1020. The number of carbonyl (C=O) groups is 2. The molecule has 10 nitrogen and oxygen atoms in total. The molecule has 2 aromatic rings. The van der Waals surface area contributed by atoms with E-state index in [0.717, 1.165) is 29.2 Å². The van der Waals surface area contributed by atoms with Gasteiger partial charge in [0.05, 0.1) is 37.7 Å². The van der Waals surface area contributed by atoms with Crippen LogP contribution in [0.3, 0.4) is 0 Å². The van der Waals surface area contributed by atoms with Crippen molar-refractivity contribution in [3.05, 3.63) is 57.9 Å². The normalized spacial score (nSPS) is 10.0. The average Bonchev–Trinajstić information content (AvgIpc) is 2.77. The van der Waals surface area contributed by atoms with E-state index in [0.29, 0.717) is 5.69 Å². The standard InChI is InChI=1S/C20H18FN3O7/c1-29-17-10-15(16(24(27)28)11-18(17)30-2)20(26)31-12-19(25)23(9-3-8-22)14-6-4-13(21)5-7-14/h4-7,10-11H,3,9,12H2,1-2H3. The van der Waals surface area contributed by atoms with Crippen molar-refractivity contribution in [2.24, 2.45) is 0 Å². The Morgan fingerprint density at radius 1 is 1.16 bits per heavy atom. The molecule has 0 saturated heterocycles. The fourth-order valence-corrected chi connectivity index (χ4v) is 2.65. The van der Waals surface area contributed by atoms with Gasteiger partial charge < -0.3 is 19.1 Å². The molecule has 1 amide bonds. The van der Waals surface area contributed by atoms with Crippen molar-refractivity contribution < 1.29 is 33.1 Å². The van der Waals surface area contributed by atoms with Gasteiger partial charge in [0.2, 0.25) is 0 Å². The van der Waals surface area contributed by atoms with Crippen LogP contribution in [0.4, 0.5) is 15.8 Å². The number of nitrogens with zero attached hydrogens (tertiary/aromatic N) is 3. The number of methoxy groups -OCH3 is 2. The summed E-state index contributed by atoms with van der Waals surface area (Å²) in [6.45, 7) is -0.776. The van der Waals surface area contributed by atoms with Crippen molar-refractivity contribution >= 4 is 23.3 Å². The minimum Gasteiger partial charge on any atom is -0.493 e. The van der Waals surface area contributed by atoms with E-state index >= 15 is 0 Å². The van der Waals surface area contributed by atoms with Gasteiger partial charge in [-0.25, -0.2) is 9.18 Å². The van der Waals surface area contributed by atoms with Gasteiger partial charge in [0, 0.05) is 18.3 Å². The molecule has 2 rings (SSSR count). The number of hydrogen-bond donors (Lipinski definition) is 0. The third-order valence-corrected chi connectivity index (χ3v) is 4.13. The molecule has 0 radical (unpaired) electrons. The molecular weight excluding hydrogens is 413 g/mol. The van der Waals surface area contributed by atoms with E-state index in [1.54, 1.807) is 0 Å². The molecular formula is C20H18FN3O7. The van der Waals surface area contributed by atoms with Crippen LogP contribution in [0.5, 0.6) is 11.5 Å². The average molecular weight is 431 g/mol. The van der Waals surface area contributed by atoms with Crippen molar-refractivity contribution in [1.82, 2.24) is 0 Å². The van der Waals surface area contributed by atoms with Gasteiger partial charge in [-0.1, -0.05) is 0 Å². The number of rotatable bonds is 9. The number of nitriles is 1. The minimum absolute atomic E-state index is 0.0157. The van der Waals surface area contributed by atoms with E-state index in [-0.39, 0.29) is 24.5 Å². The molecule has 0 heterocycles. The summed E-state index contributed by atoms with van der Waals surface area (Å²) >= 11 is 0. The second-order valence-corrected chi connectivity index (χ2v) is 5.99. The maximum Gasteiger partial charge on any atom is 0.345 e. The summed E-state index contributed by atoms with van der Waals surface area (Å²) in [5.41, 5.74) is -0.717. The van der Waals surface area contributed by atoms with E-state index < -0.39 is 40.5 Å². The van der Waals surface area contributed by atoms with Crippen LogP contribution < -0.4 is 14.4 Å². The molecule has 0 aliphatic carbocycles. The molecule has 0 bridgehead atoms. The highest BCUT2D eigenvalue weighted by molar-refractivity contribution is 5.99. The number of carbonyl (C=O) groups excluding carboxylic acids is 2. The van der Waals surface area contributed by atoms with E-state index in [1.807, 2.05) is 6.07 Å². The van der Waals surface area contributed by atoms with Gasteiger partial charge in [0.1, 0.15) is 11.4 Å². The summed E-state index contributed by atoms with van der Waals surface area (Å²) in [5.74, 6) is -2.23. The van der Waals surface area contributed by atoms with Crippen LogP contribution in [0.15, 0.2) is 36.4 Å². The van der Waals surface area contributed by atoms with Crippen molar-refractivity contribution in [3.8, 4) is 17.6 Å². The molecule has 0 aromatic heterocycles. The smallest absolute Gasteiger partial charge is 0.345 e. The lowest BCUT2D eigenvalue weighted by molar-refractivity contribution is -0.385. The van der Waals surface area contributed by atoms with E-state index in [1.165, 1.54) is 26.4 Å². The lowest BCUT2D eigenvalue weighted by Crippen LogP contribution is -2.35. The molecule has 0 saturated carbocycles. The van der Waals surface area contributed by atoms with Crippen LogP contribution in [0.1, 0.15) is 16.8 Å². The Kier molecular flexibility index (Phi) is 7.85. The van der Waals surface area contributed by atoms with Gasteiger partial charge in [-0.05, 0) is 24.3 Å². The molecule has 0 aliphatic heterocycles. The first-order chi connectivity index (χ1) is 14.8. The maximum atomic E-state index is 13.2. The molecule has 11 heteroatoms. The van der Waals surface area contributed by atoms with Gasteiger partial charge in [-0.2, -0.15) is 5.26 Å². The largest absolute Gasteiger partial charge is 0.493 e. The van der Waals surface area contributed by atoms with E-state index in [4.69, 9.17) is 19.5 Å². The Balaban J connectivity index is 2.23. The Morgan fingerprint density at radius 2 is 1.77 bits per heavy atom. The highest BCUT2D eigenvalue weighted by Crippen LogP contribution is 2.34. The Hall–Kier alpha value is -4.20. The number of halogens is 1. The topological polar surface area (TPSA) is 132 Å². The molecule has 0 aliphatic rings. The van der Waals surface area contributed by atoms with E-state index in [2.05, 4.69) is 0 Å². The predicted octanol–water partition coefficient (Wildman–Crippen LogP) is 2.85. The van der Waals surface area contributed by atoms with Gasteiger partial charge in [0.25, 0.3) is 11.6 Å². The van der Waals surface area contributed by atoms with Gasteiger partial charge >= 0.3 is 5.97 Å². The second kappa shape index (κ2) is 10.5. The zero-order chi connectivity index (χ0) is 23.0. The third-order valence-electron chi connectivity index (χ3n) is 4.13. The second-order valence-electron chi connectivity index (χ2n) is 5.99. The Labute approximate surface area is 176 Å². The van der Waals surface area contributed by atoms with Gasteiger partial charge in [-0.3, -0.25) is 14.9 Å². The number of anilines is 1. The first-order valence-corrected chi connectivity index (χ1v) is 8.82. The third kappa shape index (κ3) is 5.66. The zero-order valence-corrected chi connectivity index (χ0v) is 16.7. The van der Waals surface area contributed by atoms with Gasteiger partial charge in [-0.15, -0.1) is 0 Å². The van der Waals surface area contributed by atoms with E-state index in [9.17, 15) is 24.1 Å². The lowest BCUT2D eigenvalue weighted by Gasteiger charge is -2.21. The lowest BCUT2D eigenvalue weighted by atomic mass is 10.1. The monoisotopic (exact) mass is 431 g/mol. The van der Waals surface area contributed by atoms with Crippen LogP contribution in [0.25, 0.3) is 0 Å². The summed E-state index contributed by atoms with van der Waals surface area (Å²) in [6, 6.07) is 8.94. The number of amides is 1. The van der Waals surface area contributed by atoms with Crippen molar-refractivity contribution in [1.29, 1.82) is 5.26 Å².